The summed E-state index contributed by atoms with van der Waals surface area (Å²) in [6.45, 7) is 7.02. The minimum absolute atomic E-state index is 0.00369. The van der Waals surface area contributed by atoms with E-state index in [0.29, 0.717) is 0 Å². The number of ketones is 2. The van der Waals surface area contributed by atoms with Gasteiger partial charge in [0.15, 0.2) is 0 Å². The van der Waals surface area contributed by atoms with E-state index in [1.165, 1.54) is 16.7 Å². The van der Waals surface area contributed by atoms with E-state index < -0.39 is 44.7 Å². The number of hydrogen-bond acceptors (Lipinski definition) is 12. The predicted molar refractivity (Wildman–Crippen MR) is 146 cm³/mol. The number of Topliss-reactive ketones (excluding diaryl/α,β-unsaturated/α-hetero) is 2. The van der Waals surface area contributed by atoms with Crippen molar-refractivity contribution < 1.29 is 38.7 Å². The monoisotopic (exact) mass is 567 g/mol. The molecule has 0 saturated carbocycles. The highest BCUT2D eigenvalue weighted by Crippen LogP contribution is 2.40. The maximum atomic E-state index is 13.3. The van der Waals surface area contributed by atoms with E-state index in [-0.39, 0.29) is 63.7 Å². The van der Waals surface area contributed by atoms with Gasteiger partial charge < -0.3 is 14.2 Å². The van der Waals surface area contributed by atoms with Gasteiger partial charge in [-0.1, -0.05) is 24.2 Å². The fourth-order valence-electron chi connectivity index (χ4n) is 4.29. The van der Waals surface area contributed by atoms with Gasteiger partial charge in [-0.3, -0.25) is 29.8 Å². The molecule has 0 spiro atoms. The van der Waals surface area contributed by atoms with Gasteiger partial charge in [0, 0.05) is 54.4 Å². The van der Waals surface area contributed by atoms with E-state index in [0.717, 1.165) is 26.0 Å². The highest BCUT2D eigenvalue weighted by molar-refractivity contribution is 6.47. The number of non-ortho nitro benzene ring substituents is 2. The van der Waals surface area contributed by atoms with Crippen LogP contribution < -0.4 is 0 Å². The van der Waals surface area contributed by atoms with Crippen LogP contribution in [-0.2, 0) is 25.8 Å². The Morgan fingerprint density at radius 2 is 1.10 bits per heavy atom. The van der Waals surface area contributed by atoms with Crippen molar-refractivity contribution in [3.8, 4) is 0 Å². The second kappa shape index (κ2) is 12.2. The fraction of sp³-hybridized carbons (Fsp3) is 0.308. The van der Waals surface area contributed by atoms with E-state index in [4.69, 9.17) is 0 Å². The smallest absolute Gasteiger partial charge is 0.330 e. The van der Waals surface area contributed by atoms with Gasteiger partial charge in [0.05, 0.1) is 9.85 Å². The third-order valence-electron chi connectivity index (χ3n) is 6.01. The van der Waals surface area contributed by atoms with Crippen molar-refractivity contribution in [3.63, 3.8) is 0 Å². The zero-order valence-corrected chi connectivity index (χ0v) is 22.7. The fourth-order valence-corrected chi connectivity index (χ4v) is 4.29. The number of carbonyl (C=O) groups excluding carboxylic acids is 4. The van der Waals surface area contributed by atoms with Crippen LogP contribution in [0.25, 0.3) is 21.8 Å². The van der Waals surface area contributed by atoms with E-state index >= 15 is 0 Å². The van der Waals surface area contributed by atoms with Gasteiger partial charge in [0.2, 0.25) is 11.6 Å². The number of nitrogens with zero attached hydrogens (tertiary/aromatic N) is 5. The lowest BCUT2D eigenvalue weighted by Gasteiger charge is -2.07. The van der Waals surface area contributed by atoms with Gasteiger partial charge in [-0.15, -0.1) is 0 Å². The molecule has 1 aromatic heterocycles. The van der Waals surface area contributed by atoms with Crippen molar-refractivity contribution in [3.05, 3.63) is 55.6 Å². The van der Waals surface area contributed by atoms with Crippen LogP contribution in [0.15, 0.2) is 34.6 Å². The molecule has 0 aliphatic carbocycles. The highest BCUT2D eigenvalue weighted by Gasteiger charge is 2.30. The number of aromatic nitrogens is 1. The number of benzene rings is 2. The molecule has 0 unspecified atom stereocenters. The summed E-state index contributed by atoms with van der Waals surface area (Å²) < 4.78 is 1.37. The Labute approximate surface area is 231 Å². The quantitative estimate of drug-likeness (QED) is 0.103. The normalized spacial score (nSPS) is 11.9. The lowest BCUT2D eigenvalue weighted by atomic mass is 9.98. The Bertz CT molecular complexity index is 1580. The Balaban J connectivity index is 2.45. The topological polar surface area (TPSA) is 203 Å². The summed E-state index contributed by atoms with van der Waals surface area (Å²) in [4.78, 5) is 81.0. The Hall–Kier alpha value is -5.34. The molecular formula is C26H25N5O10. The number of fused-ring (bicyclic) bond motifs is 3. The first-order chi connectivity index (χ1) is 19.4. The van der Waals surface area contributed by atoms with Crippen LogP contribution in [-0.4, -0.2) is 49.3 Å². The molecule has 3 rings (SSSR count). The summed E-state index contributed by atoms with van der Waals surface area (Å²) in [6.07, 6.45) is 0.0561. The lowest BCUT2D eigenvalue weighted by molar-refractivity contribution is -0.383. The van der Waals surface area contributed by atoms with Crippen LogP contribution in [0.1, 0.15) is 68.2 Å². The third-order valence-corrected chi connectivity index (χ3v) is 6.01. The SMILES string of the molecule is CC/C(=N\OC(C)=O)C(=O)c1cc([N+](=O)[O-])c2c(c1)c1cc(C(=O)/C(CC)=N/OC(C)=O)cc([N+](=O)[O-])c1n2CC. The van der Waals surface area contributed by atoms with Gasteiger partial charge in [0.25, 0.3) is 11.4 Å². The van der Waals surface area contributed by atoms with Gasteiger partial charge in [0.1, 0.15) is 22.5 Å². The third kappa shape index (κ3) is 5.98. The largest absolute Gasteiger partial charge is 0.331 e. The Kier molecular flexibility index (Phi) is 9.01. The molecule has 1 heterocycles. The molecule has 3 aromatic rings. The van der Waals surface area contributed by atoms with Crippen molar-refractivity contribution in [2.45, 2.75) is 54.0 Å². The van der Waals surface area contributed by atoms with Crippen LogP contribution in [0.5, 0.6) is 0 Å². The molecule has 0 aliphatic heterocycles. The molecule has 0 radical (unpaired) electrons. The number of nitro benzene ring substituents is 2. The lowest BCUT2D eigenvalue weighted by Crippen LogP contribution is -2.15. The van der Waals surface area contributed by atoms with E-state index in [1.807, 2.05) is 0 Å². The number of oxime groups is 2. The van der Waals surface area contributed by atoms with Crippen LogP contribution in [0, 0.1) is 20.2 Å². The first-order valence-corrected chi connectivity index (χ1v) is 12.4. The van der Waals surface area contributed by atoms with Gasteiger partial charge in [-0.25, -0.2) is 9.59 Å². The van der Waals surface area contributed by atoms with Crippen molar-refractivity contribution in [1.29, 1.82) is 0 Å². The maximum Gasteiger partial charge on any atom is 0.331 e. The second-order valence-electron chi connectivity index (χ2n) is 8.65. The van der Waals surface area contributed by atoms with Crippen LogP contribution >= 0.6 is 0 Å². The number of nitro groups is 2. The van der Waals surface area contributed by atoms with Crippen molar-refractivity contribution in [1.82, 2.24) is 4.57 Å². The number of rotatable bonds is 11. The van der Waals surface area contributed by atoms with Gasteiger partial charge in [-0.05, 0) is 31.9 Å². The van der Waals surface area contributed by atoms with Gasteiger partial charge >= 0.3 is 11.9 Å². The molecular weight excluding hydrogens is 542 g/mol. The highest BCUT2D eigenvalue weighted by atomic mass is 16.7. The molecule has 2 aromatic carbocycles. The van der Waals surface area contributed by atoms with E-state index in [9.17, 15) is 39.4 Å². The van der Waals surface area contributed by atoms with Gasteiger partial charge in [-0.2, -0.15) is 0 Å². The van der Waals surface area contributed by atoms with Crippen LogP contribution in [0.3, 0.4) is 0 Å². The molecule has 15 nitrogen and oxygen atoms in total. The molecule has 0 N–H and O–H groups in total. The second-order valence-corrected chi connectivity index (χ2v) is 8.65. The molecule has 0 saturated heterocycles. The molecule has 0 bridgehead atoms. The van der Waals surface area contributed by atoms with Crippen molar-refractivity contribution in [2.24, 2.45) is 10.3 Å². The summed E-state index contributed by atoms with van der Waals surface area (Å²) in [5.74, 6) is -3.08. The minimum Gasteiger partial charge on any atom is -0.330 e. The zero-order chi connectivity index (χ0) is 30.6. The van der Waals surface area contributed by atoms with Crippen LogP contribution in [0.4, 0.5) is 11.4 Å². The summed E-state index contributed by atoms with van der Waals surface area (Å²) in [5, 5.41) is 31.6. The molecule has 0 amide bonds. The molecule has 15 heteroatoms. The Morgan fingerprint density at radius 1 is 0.732 bits per heavy atom. The number of carbonyl (C=O) groups is 4. The van der Waals surface area contributed by atoms with Crippen molar-refractivity contribution >= 4 is 68.1 Å². The molecule has 0 aliphatic rings. The molecule has 0 atom stereocenters. The summed E-state index contributed by atoms with van der Waals surface area (Å²) in [7, 11) is 0. The predicted octanol–water partition coefficient (Wildman–Crippen LogP) is 4.65. The van der Waals surface area contributed by atoms with E-state index in [1.54, 1.807) is 20.8 Å². The summed E-state index contributed by atoms with van der Waals surface area (Å²) in [6, 6.07) is 4.66. The van der Waals surface area contributed by atoms with Crippen LogP contribution in [0.2, 0.25) is 0 Å². The molecule has 214 valence electrons. The Morgan fingerprint density at radius 3 is 1.37 bits per heavy atom. The average Bonchev–Trinajstić information content (AvgIpc) is 3.25. The zero-order valence-electron chi connectivity index (χ0n) is 22.7. The summed E-state index contributed by atoms with van der Waals surface area (Å²) in [5.41, 5.74) is -1.78. The average molecular weight is 568 g/mol. The first kappa shape index (κ1) is 30.2. The standard InChI is InChI=1S/C26H25N5O10/c1-6-19(27-40-13(4)32)25(34)15-9-17-18-10-16(26(35)20(7-2)28-41-14(5)33)12-22(31(38)39)24(18)29(8-3)23(17)21(11-15)30(36)37/h9-12H,6-8H2,1-5H3/b27-19+,28-20+. The molecule has 41 heavy (non-hydrogen) atoms. The number of hydrogen-bond donors (Lipinski definition) is 0. The molecule has 0 fully saturated rings. The van der Waals surface area contributed by atoms with E-state index in [2.05, 4.69) is 20.0 Å². The summed E-state index contributed by atoms with van der Waals surface area (Å²) >= 11 is 0. The van der Waals surface area contributed by atoms with Crippen molar-refractivity contribution in [2.75, 3.05) is 0 Å². The minimum atomic E-state index is -0.774. The number of aryl methyl sites for hydroxylation is 1. The first-order valence-electron chi connectivity index (χ1n) is 12.4. The maximum absolute atomic E-state index is 13.3.